The highest BCUT2D eigenvalue weighted by molar-refractivity contribution is 6.56. The number of carbonyl (C=O) groups excluding carboxylic acids is 2. The lowest BCUT2D eigenvalue weighted by atomic mass is 10.0. The summed E-state index contributed by atoms with van der Waals surface area (Å²) in [5, 5.41) is 5.29. The van der Waals surface area contributed by atoms with Crippen LogP contribution in [0.5, 0.6) is 0 Å². The van der Waals surface area contributed by atoms with Crippen LogP contribution in [0.4, 0.5) is 0 Å². The molecule has 0 radical (unpaired) electrons. The van der Waals surface area contributed by atoms with Gasteiger partial charge in [-0.25, -0.2) is 0 Å². The molecule has 2 N–H and O–H groups in total. The first kappa shape index (κ1) is 18.7. The van der Waals surface area contributed by atoms with E-state index in [1.54, 1.807) is 24.3 Å². The molecule has 4 rings (SSSR count). The third kappa shape index (κ3) is 2.75. The van der Waals surface area contributed by atoms with Gasteiger partial charge in [-0.2, -0.15) is 0 Å². The molecule has 0 atom stereocenters. The molecule has 0 saturated carbocycles. The summed E-state index contributed by atoms with van der Waals surface area (Å²) in [5.41, 5.74) is 1.69. The molecule has 2 aromatic rings. The molecular weight excluding hydrogens is 453 g/mol. The fourth-order valence-electron chi connectivity index (χ4n) is 3.01. The summed E-state index contributed by atoms with van der Waals surface area (Å²) in [6.45, 7) is 0. The summed E-state index contributed by atoms with van der Waals surface area (Å²) < 4.78 is 0. The van der Waals surface area contributed by atoms with Crippen LogP contribution >= 0.6 is 58.0 Å². The van der Waals surface area contributed by atoms with Gasteiger partial charge < -0.3 is 10.6 Å². The SMILES string of the molecule is O=C1NC(c2c(Cl)c(Cl)c(Cl)c(Cl)c2Cl)=C2C(=O)NC(c3ccccc3)=C12. The van der Waals surface area contributed by atoms with Crippen molar-refractivity contribution in [2.45, 2.75) is 0 Å². The largest absolute Gasteiger partial charge is 0.321 e. The van der Waals surface area contributed by atoms with Crippen LogP contribution in [0.3, 0.4) is 0 Å². The Morgan fingerprint density at radius 3 is 1.59 bits per heavy atom. The molecule has 9 heteroatoms. The molecule has 0 unspecified atom stereocenters. The molecular formula is C18H7Cl5N2O2. The van der Waals surface area contributed by atoms with Crippen LogP contribution in [-0.4, -0.2) is 11.8 Å². The number of hydrogen-bond donors (Lipinski definition) is 2. The molecule has 136 valence electrons. The van der Waals surface area contributed by atoms with E-state index >= 15 is 0 Å². The van der Waals surface area contributed by atoms with Crippen molar-refractivity contribution < 1.29 is 9.59 Å². The number of benzene rings is 2. The molecule has 2 aliphatic rings. The fourth-order valence-corrected chi connectivity index (χ4v) is 4.34. The minimum atomic E-state index is -0.466. The minimum Gasteiger partial charge on any atom is -0.321 e. The van der Waals surface area contributed by atoms with E-state index in [0.29, 0.717) is 11.3 Å². The van der Waals surface area contributed by atoms with Crippen molar-refractivity contribution >= 4 is 81.2 Å². The van der Waals surface area contributed by atoms with Crippen LogP contribution in [0.25, 0.3) is 11.4 Å². The minimum absolute atomic E-state index is 0.0105. The van der Waals surface area contributed by atoms with Gasteiger partial charge in [0.2, 0.25) is 0 Å². The lowest BCUT2D eigenvalue weighted by molar-refractivity contribution is -0.117. The van der Waals surface area contributed by atoms with Gasteiger partial charge in [0, 0.05) is 5.56 Å². The number of hydrogen-bond acceptors (Lipinski definition) is 2. The van der Waals surface area contributed by atoms with Crippen LogP contribution < -0.4 is 10.6 Å². The van der Waals surface area contributed by atoms with Crippen molar-refractivity contribution in [2.75, 3.05) is 0 Å². The normalized spacial score (nSPS) is 16.0. The summed E-state index contributed by atoms with van der Waals surface area (Å²) in [6.07, 6.45) is 0. The highest BCUT2D eigenvalue weighted by Crippen LogP contribution is 2.48. The Kier molecular flexibility index (Phi) is 4.65. The van der Waals surface area contributed by atoms with Crippen LogP contribution in [0.2, 0.25) is 25.1 Å². The second-order valence-electron chi connectivity index (χ2n) is 5.72. The monoisotopic (exact) mass is 458 g/mol. The molecule has 4 nitrogen and oxygen atoms in total. The molecule has 0 fully saturated rings. The number of nitrogens with one attached hydrogen (secondary N) is 2. The molecule has 2 heterocycles. The van der Waals surface area contributed by atoms with Gasteiger partial charge in [-0.1, -0.05) is 88.3 Å². The van der Waals surface area contributed by atoms with Gasteiger partial charge in [0.1, 0.15) is 0 Å². The molecule has 0 aliphatic carbocycles. The highest BCUT2D eigenvalue weighted by atomic mass is 35.5. The molecule has 2 amide bonds. The zero-order valence-electron chi connectivity index (χ0n) is 13.1. The van der Waals surface area contributed by atoms with E-state index in [9.17, 15) is 9.59 Å². The zero-order valence-corrected chi connectivity index (χ0v) is 16.9. The number of rotatable bonds is 2. The molecule has 2 aromatic carbocycles. The molecule has 27 heavy (non-hydrogen) atoms. The van der Waals surface area contributed by atoms with Gasteiger partial charge in [-0.05, 0) is 5.56 Å². The van der Waals surface area contributed by atoms with Gasteiger partial charge in [-0.15, -0.1) is 0 Å². The summed E-state index contributed by atoms with van der Waals surface area (Å²) in [7, 11) is 0. The number of amides is 2. The molecule has 2 aliphatic heterocycles. The van der Waals surface area contributed by atoms with Gasteiger partial charge in [-0.3, -0.25) is 9.59 Å². The van der Waals surface area contributed by atoms with Gasteiger partial charge >= 0.3 is 0 Å². The lowest BCUT2D eigenvalue weighted by Gasteiger charge is -2.14. The van der Waals surface area contributed by atoms with E-state index < -0.39 is 11.8 Å². The molecule has 0 aromatic heterocycles. The first-order valence-electron chi connectivity index (χ1n) is 7.51. The van der Waals surface area contributed by atoms with E-state index in [1.165, 1.54) is 0 Å². The van der Waals surface area contributed by atoms with Crippen LogP contribution in [-0.2, 0) is 9.59 Å². The van der Waals surface area contributed by atoms with E-state index in [-0.39, 0.29) is 47.5 Å². The summed E-state index contributed by atoms with van der Waals surface area (Å²) in [4.78, 5) is 25.3. The maximum absolute atomic E-state index is 12.6. The summed E-state index contributed by atoms with van der Waals surface area (Å²) in [6, 6.07) is 9.01. The topological polar surface area (TPSA) is 58.2 Å². The molecule has 0 bridgehead atoms. The Morgan fingerprint density at radius 1 is 0.593 bits per heavy atom. The van der Waals surface area contributed by atoms with Crippen LogP contribution in [0, 0.1) is 0 Å². The zero-order chi connectivity index (χ0) is 19.5. The Hall–Kier alpha value is -1.69. The standard InChI is InChI=1S/C18H7Cl5N2O2/c19-10-9(11(20)13(22)14(23)12(10)21)16-8-7(17(26)25-16)15(24-18(8)27)6-4-2-1-3-5-6/h1-5H,(H,24,27)(H,25,26). The number of fused-ring (bicyclic) bond motifs is 1. The van der Waals surface area contributed by atoms with Crippen molar-refractivity contribution in [3.8, 4) is 0 Å². The number of carbonyl (C=O) groups is 2. The molecule has 0 spiro atoms. The van der Waals surface area contributed by atoms with Gasteiger partial charge in [0.15, 0.2) is 0 Å². The predicted molar refractivity (Wildman–Crippen MR) is 108 cm³/mol. The smallest absolute Gasteiger partial charge is 0.258 e. The van der Waals surface area contributed by atoms with E-state index in [1.807, 2.05) is 6.07 Å². The predicted octanol–water partition coefficient (Wildman–Crippen LogP) is 5.34. The van der Waals surface area contributed by atoms with Gasteiger partial charge in [0.25, 0.3) is 11.8 Å². The van der Waals surface area contributed by atoms with Crippen LogP contribution in [0.15, 0.2) is 41.5 Å². The van der Waals surface area contributed by atoms with E-state index in [4.69, 9.17) is 58.0 Å². The third-order valence-corrected chi connectivity index (χ3v) is 6.48. The van der Waals surface area contributed by atoms with Crippen molar-refractivity contribution in [1.29, 1.82) is 0 Å². The summed E-state index contributed by atoms with van der Waals surface area (Å²) >= 11 is 30.9. The quantitative estimate of drug-likeness (QED) is 0.470. The third-order valence-electron chi connectivity index (χ3n) is 4.20. The van der Waals surface area contributed by atoms with Crippen molar-refractivity contribution in [3.05, 3.63) is 77.7 Å². The second kappa shape index (κ2) is 6.73. The lowest BCUT2D eigenvalue weighted by Crippen LogP contribution is -2.21. The average molecular weight is 461 g/mol. The van der Waals surface area contributed by atoms with E-state index in [2.05, 4.69) is 10.6 Å². The first-order chi connectivity index (χ1) is 12.8. The van der Waals surface area contributed by atoms with E-state index in [0.717, 1.165) is 0 Å². The number of halogens is 5. The van der Waals surface area contributed by atoms with Crippen LogP contribution in [0.1, 0.15) is 11.1 Å². The highest BCUT2D eigenvalue weighted by Gasteiger charge is 2.42. The maximum Gasteiger partial charge on any atom is 0.258 e. The Morgan fingerprint density at radius 2 is 1.04 bits per heavy atom. The average Bonchev–Trinajstić information content (AvgIpc) is 3.18. The summed E-state index contributed by atoms with van der Waals surface area (Å²) in [5.74, 6) is -0.932. The van der Waals surface area contributed by atoms with Crippen molar-refractivity contribution in [3.63, 3.8) is 0 Å². The van der Waals surface area contributed by atoms with Crippen molar-refractivity contribution in [1.82, 2.24) is 10.6 Å². The maximum atomic E-state index is 12.6. The Balaban J connectivity index is 2.01. The van der Waals surface area contributed by atoms with Crippen molar-refractivity contribution in [2.24, 2.45) is 0 Å². The second-order valence-corrected chi connectivity index (χ2v) is 7.61. The Bertz CT molecular complexity index is 1080. The Labute approximate surface area is 178 Å². The van der Waals surface area contributed by atoms with Gasteiger partial charge in [0.05, 0.1) is 47.7 Å². The molecule has 0 saturated heterocycles. The first-order valence-corrected chi connectivity index (χ1v) is 9.40. The fraction of sp³-hybridized carbons (Fsp3) is 0.